The van der Waals surface area contributed by atoms with E-state index in [1.54, 1.807) is 35.5 Å². The van der Waals surface area contributed by atoms with Crippen LogP contribution in [0, 0.1) is 0 Å². The third kappa shape index (κ3) is 2.86. The van der Waals surface area contributed by atoms with E-state index in [0.29, 0.717) is 34.3 Å². The van der Waals surface area contributed by atoms with E-state index < -0.39 is 5.41 Å². The van der Waals surface area contributed by atoms with Crippen LogP contribution in [0.5, 0.6) is 28.7 Å². The van der Waals surface area contributed by atoms with Gasteiger partial charge in [0.05, 0.1) is 52.2 Å². The molecule has 2 aliphatic rings. The van der Waals surface area contributed by atoms with Gasteiger partial charge >= 0.3 is 5.97 Å². The van der Waals surface area contributed by atoms with Gasteiger partial charge in [0.1, 0.15) is 6.61 Å². The molecular formula is C24H27NO7. The number of carbonyl (C=O) groups is 1. The third-order valence-corrected chi connectivity index (χ3v) is 6.38. The molecule has 2 aromatic carbocycles. The summed E-state index contributed by atoms with van der Waals surface area (Å²) in [5, 5.41) is 0. The van der Waals surface area contributed by atoms with E-state index in [0.717, 1.165) is 22.5 Å². The molecule has 0 radical (unpaired) electrons. The molecule has 2 aromatic rings. The van der Waals surface area contributed by atoms with Crippen LogP contribution in [0.15, 0.2) is 35.5 Å². The Morgan fingerprint density at radius 2 is 1.41 bits per heavy atom. The number of benzene rings is 2. The van der Waals surface area contributed by atoms with Gasteiger partial charge in [-0.1, -0.05) is 0 Å². The lowest BCUT2D eigenvalue weighted by Gasteiger charge is -2.41. The molecule has 0 spiro atoms. The minimum absolute atomic E-state index is 0.193. The highest BCUT2D eigenvalue weighted by atomic mass is 16.5. The minimum Gasteiger partial charge on any atom is -0.493 e. The van der Waals surface area contributed by atoms with Crippen LogP contribution in [-0.2, 0) is 14.9 Å². The number of hydrogen-bond acceptors (Lipinski definition) is 8. The average molecular weight is 441 g/mol. The van der Waals surface area contributed by atoms with Gasteiger partial charge in [0.25, 0.3) is 0 Å². The number of fused-ring (bicyclic) bond motifs is 1. The Morgan fingerprint density at radius 3 is 1.94 bits per heavy atom. The zero-order valence-electron chi connectivity index (χ0n) is 19.3. The fourth-order valence-electron chi connectivity index (χ4n) is 4.65. The molecule has 2 aliphatic heterocycles. The highest BCUT2D eigenvalue weighted by molar-refractivity contribution is 5.99. The van der Waals surface area contributed by atoms with Crippen LogP contribution >= 0.6 is 0 Å². The van der Waals surface area contributed by atoms with Crippen LogP contribution in [0.2, 0.25) is 0 Å². The van der Waals surface area contributed by atoms with Crippen molar-refractivity contribution in [3.63, 3.8) is 0 Å². The van der Waals surface area contributed by atoms with E-state index in [-0.39, 0.29) is 12.6 Å². The largest absolute Gasteiger partial charge is 0.493 e. The lowest BCUT2D eigenvalue weighted by Crippen LogP contribution is -2.38. The second kappa shape index (κ2) is 7.85. The van der Waals surface area contributed by atoms with E-state index in [4.69, 9.17) is 28.4 Å². The quantitative estimate of drug-likeness (QED) is 0.632. The second-order valence-electron chi connectivity index (χ2n) is 7.72. The van der Waals surface area contributed by atoms with E-state index in [9.17, 15) is 4.79 Å². The van der Waals surface area contributed by atoms with Gasteiger partial charge in [-0.3, -0.25) is 0 Å². The Labute approximate surface area is 187 Å². The smallest absolute Gasteiger partial charge is 0.337 e. The van der Waals surface area contributed by atoms with Crippen molar-refractivity contribution in [2.45, 2.75) is 12.3 Å². The van der Waals surface area contributed by atoms with Gasteiger partial charge in [-0.2, -0.15) is 0 Å². The molecule has 0 saturated carbocycles. The summed E-state index contributed by atoms with van der Waals surface area (Å²) in [7, 11) is 9.78. The van der Waals surface area contributed by atoms with Crippen molar-refractivity contribution < 1.29 is 33.2 Å². The van der Waals surface area contributed by atoms with Crippen molar-refractivity contribution in [3.05, 3.63) is 46.7 Å². The first-order chi connectivity index (χ1) is 15.3. The average Bonchev–Trinajstić information content (AvgIpc) is 3.22. The molecule has 4 rings (SSSR count). The van der Waals surface area contributed by atoms with Gasteiger partial charge in [0, 0.05) is 18.8 Å². The van der Waals surface area contributed by atoms with Gasteiger partial charge < -0.3 is 33.3 Å². The Balaban J connectivity index is 2.09. The van der Waals surface area contributed by atoms with Crippen LogP contribution in [0.1, 0.15) is 18.1 Å². The van der Waals surface area contributed by atoms with Crippen LogP contribution < -0.4 is 28.6 Å². The monoisotopic (exact) mass is 441 g/mol. The van der Waals surface area contributed by atoms with Crippen LogP contribution in [0.25, 0.3) is 0 Å². The molecule has 8 heteroatoms. The molecule has 1 unspecified atom stereocenters. The molecule has 0 amide bonds. The molecule has 170 valence electrons. The Bertz CT molecular complexity index is 1100. The summed E-state index contributed by atoms with van der Waals surface area (Å²) in [5.41, 5.74) is 3.03. The maximum atomic E-state index is 13.0. The standard InChI is InChI=1S/C24H27NO7/c1-24(13-8-19(29-5)22(31-7)20(9-13)30-6)14-10-17(27-3)18(28-4)11-15(14)25(2)16-12-32-23(26)21(16)24/h8-11H,12H2,1-7H3. The summed E-state index contributed by atoms with van der Waals surface area (Å²) in [6.45, 7) is 2.19. The Kier molecular flexibility index (Phi) is 5.32. The number of methoxy groups -OCH3 is 5. The van der Waals surface area contributed by atoms with E-state index >= 15 is 0 Å². The van der Waals surface area contributed by atoms with Gasteiger partial charge in [-0.25, -0.2) is 4.79 Å². The first kappa shape index (κ1) is 21.7. The van der Waals surface area contributed by atoms with Crippen molar-refractivity contribution >= 4 is 11.7 Å². The number of ether oxygens (including phenoxy) is 6. The molecule has 0 N–H and O–H groups in total. The SMILES string of the molecule is COc1cc2c(cc1OC)C(C)(c1cc(OC)c(OC)c(OC)c1)C1=C(COC1=O)N2C. The summed E-state index contributed by atoms with van der Waals surface area (Å²) in [6.07, 6.45) is 0. The Hall–Kier alpha value is -3.55. The molecule has 0 saturated heterocycles. The van der Waals surface area contributed by atoms with Gasteiger partial charge in [0.2, 0.25) is 5.75 Å². The first-order valence-electron chi connectivity index (χ1n) is 10.1. The number of rotatable bonds is 6. The molecule has 1 atom stereocenters. The molecular weight excluding hydrogens is 414 g/mol. The van der Waals surface area contributed by atoms with Gasteiger partial charge in [-0.05, 0) is 36.2 Å². The molecule has 0 aromatic heterocycles. The number of cyclic esters (lactones) is 1. The molecule has 8 nitrogen and oxygen atoms in total. The number of nitrogens with zero attached hydrogens (tertiary/aromatic N) is 1. The topological polar surface area (TPSA) is 75.7 Å². The highest BCUT2D eigenvalue weighted by Crippen LogP contribution is 2.55. The van der Waals surface area contributed by atoms with Crippen LogP contribution in [-0.4, -0.2) is 55.2 Å². The summed E-state index contributed by atoms with van der Waals surface area (Å²) in [4.78, 5) is 15.0. The van der Waals surface area contributed by atoms with Crippen molar-refractivity contribution in [1.29, 1.82) is 0 Å². The van der Waals surface area contributed by atoms with E-state index in [1.807, 2.05) is 43.1 Å². The van der Waals surface area contributed by atoms with E-state index in [1.165, 1.54) is 0 Å². The van der Waals surface area contributed by atoms with Crippen molar-refractivity contribution in [3.8, 4) is 28.7 Å². The second-order valence-corrected chi connectivity index (χ2v) is 7.72. The molecule has 0 fully saturated rings. The zero-order chi connectivity index (χ0) is 23.2. The molecule has 32 heavy (non-hydrogen) atoms. The summed E-state index contributed by atoms with van der Waals surface area (Å²) in [6, 6.07) is 7.55. The normalized spacial score (nSPS) is 19.2. The fraction of sp³-hybridized carbons (Fsp3) is 0.375. The zero-order valence-corrected chi connectivity index (χ0v) is 19.3. The number of anilines is 1. The van der Waals surface area contributed by atoms with Gasteiger partial charge in [0.15, 0.2) is 23.0 Å². The lowest BCUT2D eigenvalue weighted by molar-refractivity contribution is -0.136. The lowest BCUT2D eigenvalue weighted by atomic mass is 9.67. The summed E-state index contributed by atoms with van der Waals surface area (Å²) in [5.74, 6) is 2.28. The van der Waals surface area contributed by atoms with Crippen molar-refractivity contribution in [2.24, 2.45) is 0 Å². The predicted octanol–water partition coefficient (Wildman–Crippen LogP) is 3.30. The number of hydrogen-bond donors (Lipinski definition) is 0. The van der Waals surface area contributed by atoms with Gasteiger partial charge in [-0.15, -0.1) is 0 Å². The van der Waals surface area contributed by atoms with Crippen molar-refractivity contribution in [1.82, 2.24) is 0 Å². The summed E-state index contributed by atoms with van der Waals surface area (Å²) < 4.78 is 33.3. The fourth-order valence-corrected chi connectivity index (χ4v) is 4.65. The number of likely N-dealkylation sites (N-methyl/N-ethyl adjacent to an activating group) is 1. The van der Waals surface area contributed by atoms with Crippen molar-refractivity contribution in [2.75, 3.05) is 54.1 Å². The third-order valence-electron chi connectivity index (χ3n) is 6.38. The molecule has 2 heterocycles. The molecule has 0 aliphatic carbocycles. The highest BCUT2D eigenvalue weighted by Gasteiger charge is 2.50. The number of carbonyl (C=O) groups excluding carboxylic acids is 1. The maximum absolute atomic E-state index is 13.0. The van der Waals surface area contributed by atoms with Crippen LogP contribution in [0.4, 0.5) is 5.69 Å². The molecule has 0 bridgehead atoms. The number of esters is 1. The minimum atomic E-state index is -0.878. The summed E-state index contributed by atoms with van der Waals surface area (Å²) >= 11 is 0. The predicted molar refractivity (Wildman–Crippen MR) is 118 cm³/mol. The Morgan fingerprint density at radius 1 is 0.844 bits per heavy atom. The first-order valence-corrected chi connectivity index (χ1v) is 10.1. The maximum Gasteiger partial charge on any atom is 0.337 e. The van der Waals surface area contributed by atoms with E-state index in [2.05, 4.69) is 0 Å². The van der Waals surface area contributed by atoms with Crippen LogP contribution in [0.3, 0.4) is 0 Å².